The normalized spacial score (nSPS) is 19.7. The molecule has 1 fully saturated rings. The number of carbonyl (C=O) groups is 1. The first-order valence-corrected chi connectivity index (χ1v) is 7.21. The molecule has 0 aromatic heterocycles. The van der Waals surface area contributed by atoms with E-state index in [1.165, 1.54) is 25.9 Å². The fourth-order valence-electron chi connectivity index (χ4n) is 2.49. The molecule has 1 unspecified atom stereocenters. The molecule has 1 saturated heterocycles. The van der Waals surface area contributed by atoms with E-state index in [9.17, 15) is 4.79 Å². The Labute approximate surface area is 111 Å². The summed E-state index contributed by atoms with van der Waals surface area (Å²) in [6.07, 6.45) is 3.96. The number of hydrogen-bond donors (Lipinski definition) is 1. The average molecular weight is 256 g/mol. The van der Waals surface area contributed by atoms with Gasteiger partial charge in [-0.25, -0.2) is 0 Å². The lowest BCUT2D eigenvalue weighted by molar-refractivity contribution is -0.143. The van der Waals surface area contributed by atoms with E-state index in [4.69, 9.17) is 4.74 Å². The lowest BCUT2D eigenvalue weighted by Gasteiger charge is -2.33. The van der Waals surface area contributed by atoms with Crippen LogP contribution in [0.3, 0.4) is 0 Å². The standard InChI is InChI=1S/C14H28N2O2/c1-4-18-14(17)6-5-9-15-12(2)13-7-10-16(3)11-8-13/h12-13,15H,4-11H2,1-3H3. The largest absolute Gasteiger partial charge is 0.466 e. The van der Waals surface area contributed by atoms with E-state index < -0.39 is 0 Å². The highest BCUT2D eigenvalue weighted by molar-refractivity contribution is 5.69. The molecule has 0 spiro atoms. The minimum Gasteiger partial charge on any atom is -0.466 e. The molecule has 0 saturated carbocycles. The van der Waals surface area contributed by atoms with Gasteiger partial charge < -0.3 is 15.0 Å². The molecule has 4 heteroatoms. The molecule has 1 atom stereocenters. The third-order valence-electron chi connectivity index (χ3n) is 3.80. The lowest BCUT2D eigenvalue weighted by atomic mass is 9.90. The predicted octanol–water partition coefficient (Wildman–Crippen LogP) is 1.65. The predicted molar refractivity (Wildman–Crippen MR) is 73.6 cm³/mol. The van der Waals surface area contributed by atoms with Crippen molar-refractivity contribution in [2.45, 2.75) is 45.6 Å². The van der Waals surface area contributed by atoms with Gasteiger partial charge in [-0.3, -0.25) is 4.79 Å². The van der Waals surface area contributed by atoms with Gasteiger partial charge in [0.1, 0.15) is 0 Å². The molecule has 1 aliphatic rings. The third-order valence-corrected chi connectivity index (χ3v) is 3.80. The maximum absolute atomic E-state index is 11.2. The van der Waals surface area contributed by atoms with Crippen LogP contribution in [0.5, 0.6) is 0 Å². The maximum Gasteiger partial charge on any atom is 0.305 e. The molecular formula is C14H28N2O2. The van der Waals surface area contributed by atoms with Crippen LogP contribution in [0.2, 0.25) is 0 Å². The van der Waals surface area contributed by atoms with E-state index in [0.29, 0.717) is 19.1 Å². The molecule has 1 rings (SSSR count). The molecule has 1 N–H and O–H groups in total. The molecule has 0 aromatic rings. The number of hydrogen-bond acceptors (Lipinski definition) is 4. The van der Waals surface area contributed by atoms with Gasteiger partial charge in [0.15, 0.2) is 0 Å². The lowest BCUT2D eigenvalue weighted by Crippen LogP contribution is -2.41. The van der Waals surface area contributed by atoms with Crippen LogP contribution in [0.4, 0.5) is 0 Å². The number of rotatable bonds is 7. The van der Waals surface area contributed by atoms with E-state index in [-0.39, 0.29) is 5.97 Å². The molecule has 1 heterocycles. The van der Waals surface area contributed by atoms with Crippen LogP contribution in [-0.4, -0.2) is 50.2 Å². The zero-order valence-electron chi connectivity index (χ0n) is 12.1. The summed E-state index contributed by atoms with van der Waals surface area (Å²) >= 11 is 0. The van der Waals surface area contributed by atoms with Gasteiger partial charge in [0.25, 0.3) is 0 Å². The fourth-order valence-corrected chi connectivity index (χ4v) is 2.49. The van der Waals surface area contributed by atoms with Crippen molar-refractivity contribution in [2.24, 2.45) is 5.92 Å². The van der Waals surface area contributed by atoms with E-state index in [1.807, 2.05) is 6.92 Å². The maximum atomic E-state index is 11.2. The summed E-state index contributed by atoms with van der Waals surface area (Å²) in [5.41, 5.74) is 0. The van der Waals surface area contributed by atoms with Gasteiger partial charge in [-0.2, -0.15) is 0 Å². The first kappa shape index (κ1) is 15.4. The summed E-state index contributed by atoms with van der Waals surface area (Å²) in [7, 11) is 2.19. The van der Waals surface area contributed by atoms with Gasteiger partial charge in [0.2, 0.25) is 0 Å². The number of nitrogens with one attached hydrogen (secondary N) is 1. The summed E-state index contributed by atoms with van der Waals surface area (Å²) in [6.45, 7) is 7.92. The van der Waals surface area contributed by atoms with Crippen LogP contribution in [0.1, 0.15) is 39.5 Å². The molecule has 0 radical (unpaired) electrons. The first-order valence-electron chi connectivity index (χ1n) is 7.21. The molecule has 0 amide bonds. The molecule has 4 nitrogen and oxygen atoms in total. The summed E-state index contributed by atoms with van der Waals surface area (Å²) < 4.78 is 4.90. The van der Waals surface area contributed by atoms with Crippen LogP contribution in [0.15, 0.2) is 0 Å². The van der Waals surface area contributed by atoms with Crippen molar-refractivity contribution in [1.82, 2.24) is 10.2 Å². The summed E-state index contributed by atoms with van der Waals surface area (Å²) in [5.74, 6) is 0.704. The van der Waals surface area contributed by atoms with E-state index in [2.05, 4.69) is 24.2 Å². The molecule has 106 valence electrons. The zero-order chi connectivity index (χ0) is 13.4. The van der Waals surface area contributed by atoms with Crippen molar-refractivity contribution in [3.05, 3.63) is 0 Å². The molecular weight excluding hydrogens is 228 g/mol. The van der Waals surface area contributed by atoms with E-state index in [0.717, 1.165) is 18.9 Å². The highest BCUT2D eigenvalue weighted by Gasteiger charge is 2.21. The molecule has 18 heavy (non-hydrogen) atoms. The number of likely N-dealkylation sites (tertiary alicyclic amines) is 1. The Bertz CT molecular complexity index is 238. The second-order valence-electron chi connectivity index (χ2n) is 5.29. The fraction of sp³-hybridized carbons (Fsp3) is 0.929. The van der Waals surface area contributed by atoms with E-state index in [1.54, 1.807) is 0 Å². The Morgan fingerprint density at radius 2 is 2.11 bits per heavy atom. The van der Waals surface area contributed by atoms with Crippen LogP contribution < -0.4 is 5.32 Å². The van der Waals surface area contributed by atoms with E-state index >= 15 is 0 Å². The number of esters is 1. The Hall–Kier alpha value is -0.610. The number of nitrogens with zero attached hydrogens (tertiary/aromatic N) is 1. The van der Waals surface area contributed by atoms with Crippen molar-refractivity contribution in [3.63, 3.8) is 0 Å². The zero-order valence-corrected chi connectivity index (χ0v) is 12.1. The van der Waals surface area contributed by atoms with Crippen molar-refractivity contribution in [2.75, 3.05) is 33.3 Å². The smallest absolute Gasteiger partial charge is 0.305 e. The molecule has 0 aromatic carbocycles. The molecule has 0 aliphatic carbocycles. The van der Waals surface area contributed by atoms with Crippen LogP contribution in [0.25, 0.3) is 0 Å². The van der Waals surface area contributed by atoms with Gasteiger partial charge >= 0.3 is 5.97 Å². The Morgan fingerprint density at radius 1 is 1.44 bits per heavy atom. The number of ether oxygens (including phenoxy) is 1. The number of piperidine rings is 1. The minimum atomic E-state index is -0.0776. The number of carbonyl (C=O) groups excluding carboxylic acids is 1. The summed E-state index contributed by atoms with van der Waals surface area (Å²) in [4.78, 5) is 13.6. The average Bonchev–Trinajstić information content (AvgIpc) is 2.35. The van der Waals surface area contributed by atoms with Gasteiger partial charge in [-0.05, 0) is 65.7 Å². The Morgan fingerprint density at radius 3 is 2.72 bits per heavy atom. The topological polar surface area (TPSA) is 41.6 Å². The summed E-state index contributed by atoms with van der Waals surface area (Å²) in [6, 6.07) is 0.556. The second-order valence-corrected chi connectivity index (χ2v) is 5.29. The van der Waals surface area contributed by atoms with Crippen molar-refractivity contribution in [1.29, 1.82) is 0 Å². The Balaban J connectivity index is 2.06. The van der Waals surface area contributed by atoms with Crippen LogP contribution in [0, 0.1) is 5.92 Å². The minimum absolute atomic E-state index is 0.0776. The van der Waals surface area contributed by atoms with Crippen molar-refractivity contribution < 1.29 is 9.53 Å². The first-order chi connectivity index (χ1) is 8.63. The van der Waals surface area contributed by atoms with Gasteiger partial charge in [-0.1, -0.05) is 0 Å². The van der Waals surface area contributed by atoms with Crippen molar-refractivity contribution in [3.8, 4) is 0 Å². The monoisotopic (exact) mass is 256 g/mol. The van der Waals surface area contributed by atoms with Crippen LogP contribution >= 0.6 is 0 Å². The van der Waals surface area contributed by atoms with Gasteiger partial charge in [0, 0.05) is 12.5 Å². The van der Waals surface area contributed by atoms with Gasteiger partial charge in [-0.15, -0.1) is 0 Å². The summed E-state index contributed by atoms with van der Waals surface area (Å²) in [5, 5.41) is 3.54. The SMILES string of the molecule is CCOC(=O)CCCNC(C)C1CCN(C)CC1. The third kappa shape index (κ3) is 5.83. The Kier molecular flexibility index (Phi) is 7.28. The van der Waals surface area contributed by atoms with Crippen LogP contribution in [-0.2, 0) is 9.53 Å². The second kappa shape index (κ2) is 8.48. The molecule has 1 aliphatic heterocycles. The highest BCUT2D eigenvalue weighted by atomic mass is 16.5. The van der Waals surface area contributed by atoms with Crippen molar-refractivity contribution >= 4 is 5.97 Å². The quantitative estimate of drug-likeness (QED) is 0.555. The van der Waals surface area contributed by atoms with Gasteiger partial charge in [0.05, 0.1) is 6.61 Å². The highest BCUT2D eigenvalue weighted by Crippen LogP contribution is 2.19. The molecule has 0 bridgehead atoms.